The van der Waals surface area contributed by atoms with Gasteiger partial charge >= 0.3 is 0 Å². The van der Waals surface area contributed by atoms with Crippen LogP contribution in [0.15, 0.2) is 36.4 Å². The van der Waals surface area contributed by atoms with Crippen LogP contribution in [-0.4, -0.2) is 25.9 Å². The van der Waals surface area contributed by atoms with E-state index >= 15 is 0 Å². The van der Waals surface area contributed by atoms with Gasteiger partial charge in [0.25, 0.3) is 0 Å². The highest BCUT2D eigenvalue weighted by molar-refractivity contribution is 6.31. The molecule has 0 bridgehead atoms. The zero-order chi connectivity index (χ0) is 19.1. The summed E-state index contributed by atoms with van der Waals surface area (Å²) < 4.78 is 30.4. The van der Waals surface area contributed by atoms with Crippen LogP contribution in [0.5, 0.6) is 11.5 Å². The predicted octanol–water partition coefficient (Wildman–Crippen LogP) is 4.73. The molecule has 1 aliphatic heterocycles. The second kappa shape index (κ2) is 9.93. The molecule has 2 aromatic carbocycles. The van der Waals surface area contributed by atoms with Crippen molar-refractivity contribution < 1.29 is 18.6 Å². The van der Waals surface area contributed by atoms with Gasteiger partial charge in [-0.2, -0.15) is 0 Å². The summed E-state index contributed by atoms with van der Waals surface area (Å²) in [5.41, 5.74) is 1.84. The molecular formula is C21H25ClFNO3. The average Bonchev–Trinajstić information content (AvgIpc) is 3.16. The minimum absolute atomic E-state index is 0.246. The van der Waals surface area contributed by atoms with E-state index < -0.39 is 0 Å². The van der Waals surface area contributed by atoms with Gasteiger partial charge in [-0.15, -0.1) is 0 Å². The van der Waals surface area contributed by atoms with Gasteiger partial charge in [-0.3, -0.25) is 0 Å². The maximum Gasteiger partial charge on any atom is 0.161 e. The number of halogens is 2. The van der Waals surface area contributed by atoms with Gasteiger partial charge in [0, 0.05) is 25.3 Å². The maximum atomic E-state index is 13.2. The van der Waals surface area contributed by atoms with E-state index in [1.54, 1.807) is 6.07 Å². The topological polar surface area (TPSA) is 39.7 Å². The Bertz CT molecular complexity index is 750. The molecule has 0 saturated carbocycles. The summed E-state index contributed by atoms with van der Waals surface area (Å²) in [5.74, 6) is 0.964. The molecule has 1 heterocycles. The molecule has 1 aliphatic rings. The van der Waals surface area contributed by atoms with Gasteiger partial charge in [0.1, 0.15) is 12.4 Å². The fraction of sp³-hybridized carbons (Fsp3) is 0.429. The van der Waals surface area contributed by atoms with Crippen molar-refractivity contribution in [3.63, 3.8) is 0 Å². The summed E-state index contributed by atoms with van der Waals surface area (Å²) in [6, 6.07) is 10.2. The quantitative estimate of drug-likeness (QED) is 0.668. The Hall–Kier alpha value is -1.82. The average molecular weight is 394 g/mol. The molecule has 1 atom stereocenters. The molecule has 3 rings (SSSR count). The van der Waals surface area contributed by atoms with Gasteiger partial charge in [0.2, 0.25) is 0 Å². The Balaban J connectivity index is 1.60. The standard InChI is InChI=1S/C21H25ClFNO3/c1-2-25-21-10-15(12-24-13-18-4-3-9-26-18)5-8-20(21)27-14-16-6-7-17(23)11-19(16)22/h5-8,10-11,18,24H,2-4,9,12-14H2,1H3. The number of benzene rings is 2. The van der Waals surface area contributed by atoms with E-state index in [2.05, 4.69) is 5.32 Å². The molecule has 146 valence electrons. The Morgan fingerprint density at radius 1 is 1.19 bits per heavy atom. The van der Waals surface area contributed by atoms with E-state index in [1.165, 1.54) is 12.1 Å². The number of ether oxygens (including phenoxy) is 3. The Labute approximate surface area is 164 Å². The molecule has 27 heavy (non-hydrogen) atoms. The van der Waals surface area contributed by atoms with Gasteiger partial charge in [0.15, 0.2) is 11.5 Å². The normalized spacial score (nSPS) is 16.5. The summed E-state index contributed by atoms with van der Waals surface area (Å²) in [6.45, 7) is 5.18. The third-order valence-electron chi connectivity index (χ3n) is 4.43. The van der Waals surface area contributed by atoms with E-state index in [0.717, 1.165) is 43.7 Å². The Morgan fingerprint density at radius 2 is 2.07 bits per heavy atom. The van der Waals surface area contributed by atoms with Gasteiger partial charge in [-0.25, -0.2) is 4.39 Å². The first-order chi connectivity index (χ1) is 13.2. The highest BCUT2D eigenvalue weighted by Crippen LogP contribution is 2.30. The Kier molecular flexibility index (Phi) is 7.33. The lowest BCUT2D eigenvalue weighted by Gasteiger charge is -2.15. The summed E-state index contributed by atoms with van der Waals surface area (Å²) in [6.07, 6.45) is 2.58. The summed E-state index contributed by atoms with van der Waals surface area (Å²) in [5, 5.41) is 3.78. The van der Waals surface area contributed by atoms with E-state index in [4.69, 9.17) is 25.8 Å². The molecule has 2 aromatic rings. The van der Waals surface area contributed by atoms with Gasteiger partial charge in [-0.05, 0) is 49.6 Å². The van der Waals surface area contributed by atoms with Crippen LogP contribution in [0.3, 0.4) is 0 Å². The lowest BCUT2D eigenvalue weighted by molar-refractivity contribution is 0.110. The minimum atomic E-state index is -0.362. The van der Waals surface area contributed by atoms with Gasteiger partial charge in [0.05, 0.1) is 17.7 Å². The van der Waals surface area contributed by atoms with E-state index in [-0.39, 0.29) is 12.4 Å². The minimum Gasteiger partial charge on any atom is -0.490 e. The van der Waals surface area contributed by atoms with Crippen molar-refractivity contribution in [2.75, 3.05) is 19.8 Å². The van der Waals surface area contributed by atoms with Crippen molar-refractivity contribution in [1.29, 1.82) is 0 Å². The molecule has 0 aromatic heterocycles. The van der Waals surface area contributed by atoms with Crippen LogP contribution in [0.1, 0.15) is 30.9 Å². The number of hydrogen-bond donors (Lipinski definition) is 1. The second-order valence-electron chi connectivity index (χ2n) is 6.50. The zero-order valence-electron chi connectivity index (χ0n) is 15.5. The van der Waals surface area contributed by atoms with Crippen LogP contribution in [-0.2, 0) is 17.9 Å². The van der Waals surface area contributed by atoms with E-state index in [1.807, 2.05) is 25.1 Å². The third kappa shape index (κ3) is 5.83. The first-order valence-corrected chi connectivity index (χ1v) is 9.68. The molecule has 0 radical (unpaired) electrons. The SMILES string of the molecule is CCOc1cc(CNCC2CCCO2)ccc1OCc1ccc(F)cc1Cl. The number of nitrogens with one attached hydrogen (secondary N) is 1. The second-order valence-corrected chi connectivity index (χ2v) is 6.91. The van der Waals surface area contributed by atoms with Crippen LogP contribution >= 0.6 is 11.6 Å². The predicted molar refractivity (Wildman–Crippen MR) is 104 cm³/mol. The maximum absolute atomic E-state index is 13.2. The number of rotatable bonds is 9. The van der Waals surface area contributed by atoms with Gasteiger partial charge in [-0.1, -0.05) is 23.7 Å². The fourth-order valence-corrected chi connectivity index (χ4v) is 3.25. The van der Waals surface area contributed by atoms with E-state index in [0.29, 0.717) is 29.2 Å². The largest absolute Gasteiger partial charge is 0.490 e. The van der Waals surface area contributed by atoms with Crippen molar-refractivity contribution in [3.8, 4) is 11.5 Å². The smallest absolute Gasteiger partial charge is 0.161 e. The Morgan fingerprint density at radius 3 is 2.81 bits per heavy atom. The molecule has 6 heteroatoms. The molecular weight excluding hydrogens is 369 g/mol. The van der Waals surface area contributed by atoms with Crippen LogP contribution in [0.2, 0.25) is 5.02 Å². The monoisotopic (exact) mass is 393 g/mol. The molecule has 4 nitrogen and oxygen atoms in total. The molecule has 1 fully saturated rings. The van der Waals surface area contributed by atoms with Gasteiger partial charge < -0.3 is 19.5 Å². The first-order valence-electron chi connectivity index (χ1n) is 9.30. The third-order valence-corrected chi connectivity index (χ3v) is 4.78. The first kappa shape index (κ1) is 19.9. The molecule has 0 spiro atoms. The lowest BCUT2D eigenvalue weighted by Crippen LogP contribution is -2.25. The van der Waals surface area contributed by atoms with Crippen molar-refractivity contribution in [2.45, 2.75) is 39.0 Å². The molecule has 0 aliphatic carbocycles. The summed E-state index contributed by atoms with van der Waals surface area (Å²) in [7, 11) is 0. The van der Waals surface area contributed by atoms with E-state index in [9.17, 15) is 4.39 Å². The van der Waals surface area contributed by atoms with Crippen LogP contribution in [0, 0.1) is 5.82 Å². The van der Waals surface area contributed by atoms with Crippen molar-refractivity contribution >= 4 is 11.6 Å². The highest BCUT2D eigenvalue weighted by Gasteiger charge is 2.15. The molecule has 1 saturated heterocycles. The van der Waals surface area contributed by atoms with Crippen LogP contribution in [0.4, 0.5) is 4.39 Å². The molecule has 1 N–H and O–H groups in total. The lowest BCUT2D eigenvalue weighted by atomic mass is 10.2. The van der Waals surface area contributed by atoms with Crippen molar-refractivity contribution in [1.82, 2.24) is 5.32 Å². The summed E-state index contributed by atoms with van der Waals surface area (Å²) >= 11 is 6.06. The van der Waals surface area contributed by atoms with Crippen LogP contribution in [0.25, 0.3) is 0 Å². The van der Waals surface area contributed by atoms with Crippen molar-refractivity contribution in [3.05, 3.63) is 58.4 Å². The van der Waals surface area contributed by atoms with Crippen molar-refractivity contribution in [2.24, 2.45) is 0 Å². The van der Waals surface area contributed by atoms with Crippen LogP contribution < -0.4 is 14.8 Å². The zero-order valence-corrected chi connectivity index (χ0v) is 16.2. The molecule has 0 amide bonds. The highest BCUT2D eigenvalue weighted by atomic mass is 35.5. The molecule has 1 unspecified atom stereocenters. The summed E-state index contributed by atoms with van der Waals surface area (Å²) in [4.78, 5) is 0. The fourth-order valence-electron chi connectivity index (χ4n) is 3.03. The number of hydrogen-bond acceptors (Lipinski definition) is 4.